The summed E-state index contributed by atoms with van der Waals surface area (Å²) in [5.74, 6) is -1.21. The summed E-state index contributed by atoms with van der Waals surface area (Å²) in [5, 5.41) is 56.6. The molecule has 6 N–H and O–H groups in total. The second-order valence-corrected chi connectivity index (χ2v) is 18.6. The van der Waals surface area contributed by atoms with E-state index >= 15 is 0 Å². The van der Waals surface area contributed by atoms with Crippen molar-refractivity contribution in [2.75, 3.05) is 13.2 Å². The summed E-state index contributed by atoms with van der Waals surface area (Å²) < 4.78 is 17.5. The Labute approximate surface area is 402 Å². The van der Waals surface area contributed by atoms with Gasteiger partial charge in [0.2, 0.25) is 5.91 Å². The number of allylic oxidation sites excluding steroid dienone is 7. The summed E-state index contributed by atoms with van der Waals surface area (Å²) in [6, 6.07) is -1.03. The summed E-state index contributed by atoms with van der Waals surface area (Å²) in [6.45, 7) is 5.61. The Kier molecular flexibility index (Phi) is 41.0. The van der Waals surface area contributed by atoms with E-state index in [4.69, 9.17) is 14.2 Å². The first-order chi connectivity index (χ1) is 32.2. The van der Waals surface area contributed by atoms with E-state index in [1.165, 1.54) is 96.3 Å². The molecule has 1 saturated heterocycles. The number of amides is 1. The highest BCUT2D eigenvalue weighted by atomic mass is 16.7. The van der Waals surface area contributed by atoms with E-state index in [1.807, 2.05) is 18.2 Å². The maximum Gasteiger partial charge on any atom is 0.306 e. The van der Waals surface area contributed by atoms with Crippen molar-refractivity contribution in [2.24, 2.45) is 0 Å². The molecule has 1 amide bonds. The summed E-state index contributed by atoms with van der Waals surface area (Å²) in [4.78, 5) is 26.3. The fraction of sp³-hybridized carbons (Fsp3) is 0.818. The van der Waals surface area contributed by atoms with Crippen LogP contribution in [0.3, 0.4) is 0 Å². The normalized spacial score (nSPS) is 20.5. The van der Waals surface area contributed by atoms with Gasteiger partial charge in [0.15, 0.2) is 12.4 Å². The van der Waals surface area contributed by atoms with Crippen LogP contribution in [0.25, 0.3) is 0 Å². The Morgan fingerprint density at radius 1 is 0.606 bits per heavy atom. The second kappa shape index (κ2) is 43.9. The van der Waals surface area contributed by atoms with E-state index in [0.717, 1.165) is 83.5 Å². The van der Waals surface area contributed by atoms with Crippen LogP contribution < -0.4 is 5.32 Å². The van der Waals surface area contributed by atoms with Crippen molar-refractivity contribution in [1.82, 2.24) is 5.32 Å². The van der Waals surface area contributed by atoms with Crippen molar-refractivity contribution in [3.8, 4) is 0 Å². The highest BCUT2D eigenvalue weighted by molar-refractivity contribution is 5.80. The number of rotatable bonds is 44. The Morgan fingerprint density at radius 2 is 1.09 bits per heavy atom. The molecular weight excluding hydrogens is 835 g/mol. The smallest absolute Gasteiger partial charge is 0.306 e. The molecule has 1 aliphatic heterocycles. The van der Waals surface area contributed by atoms with Gasteiger partial charge in [0.05, 0.1) is 25.4 Å². The van der Waals surface area contributed by atoms with Gasteiger partial charge in [-0.15, -0.1) is 0 Å². The molecule has 0 aromatic carbocycles. The SMILES string of the molecule is CC/C=C/C=C/C=C/CCCCCCCCC(O)C(=O)NC(COC1OC(CO)C(O)C(O)C1OC(=O)CCCCCCCCCCCCC)C(O)/C=C/CCCCCCCCCCCC. The third-order valence-corrected chi connectivity index (χ3v) is 12.6. The van der Waals surface area contributed by atoms with Gasteiger partial charge in [-0.1, -0.05) is 223 Å². The average Bonchev–Trinajstić information content (AvgIpc) is 3.31. The standard InChI is InChI=1S/C55H99NO10/c1-4-7-10-13-16-19-22-24-25-28-30-33-36-39-42-48(59)54(63)56-46(47(58)41-38-35-32-29-27-23-20-17-14-11-8-5-2)45-64-55-53(52(62)51(61)49(44-57)65-55)66-50(60)43-40-37-34-31-26-21-18-15-12-9-6-3/h7,10,13,16,19,22,38,41,46-49,51-53,55,57-59,61-62H,4-6,8-9,11-12,14-15,17-18,20-21,23-37,39-40,42-45H2,1-3H3,(H,56,63)/b10-7+,16-13+,22-19+,41-38+. The van der Waals surface area contributed by atoms with Gasteiger partial charge in [-0.25, -0.2) is 0 Å². The molecule has 0 radical (unpaired) electrons. The van der Waals surface area contributed by atoms with Crippen LogP contribution in [0.2, 0.25) is 0 Å². The van der Waals surface area contributed by atoms with Crippen molar-refractivity contribution >= 4 is 11.9 Å². The Morgan fingerprint density at radius 3 is 1.62 bits per heavy atom. The molecule has 11 heteroatoms. The summed E-state index contributed by atoms with van der Waals surface area (Å²) >= 11 is 0. The number of aliphatic hydroxyl groups is 5. The fourth-order valence-corrected chi connectivity index (χ4v) is 8.24. The summed E-state index contributed by atoms with van der Waals surface area (Å²) in [7, 11) is 0. The third kappa shape index (κ3) is 32.4. The summed E-state index contributed by atoms with van der Waals surface area (Å²) in [6.07, 6.45) is 40.2. The zero-order chi connectivity index (χ0) is 48.3. The molecule has 11 nitrogen and oxygen atoms in total. The number of esters is 1. The zero-order valence-electron chi connectivity index (χ0n) is 42.1. The minimum Gasteiger partial charge on any atom is -0.454 e. The number of carbonyl (C=O) groups is 2. The topological polar surface area (TPSA) is 175 Å². The average molecular weight is 934 g/mol. The summed E-state index contributed by atoms with van der Waals surface area (Å²) in [5.41, 5.74) is 0. The fourth-order valence-electron chi connectivity index (χ4n) is 8.24. The Balaban J connectivity index is 2.78. The maximum atomic E-state index is 13.3. The van der Waals surface area contributed by atoms with Crippen LogP contribution in [0.1, 0.15) is 226 Å². The number of hydrogen-bond acceptors (Lipinski definition) is 10. The minimum atomic E-state index is -1.61. The lowest BCUT2D eigenvalue weighted by Crippen LogP contribution is -2.61. The van der Waals surface area contributed by atoms with Crippen molar-refractivity contribution in [2.45, 2.75) is 275 Å². The molecule has 8 unspecified atom stereocenters. The van der Waals surface area contributed by atoms with Crippen molar-refractivity contribution in [3.63, 3.8) is 0 Å². The number of hydrogen-bond donors (Lipinski definition) is 6. The quantitative estimate of drug-likeness (QED) is 0.0149. The molecule has 0 saturated carbocycles. The monoisotopic (exact) mass is 934 g/mol. The van der Waals surface area contributed by atoms with E-state index in [0.29, 0.717) is 12.8 Å². The van der Waals surface area contributed by atoms with E-state index in [2.05, 4.69) is 50.4 Å². The molecule has 8 atom stereocenters. The molecule has 66 heavy (non-hydrogen) atoms. The van der Waals surface area contributed by atoms with Crippen LogP contribution in [0.15, 0.2) is 48.6 Å². The number of carbonyl (C=O) groups excluding carboxylic acids is 2. The first-order valence-corrected chi connectivity index (χ1v) is 26.9. The number of unbranched alkanes of at least 4 members (excludes halogenated alkanes) is 26. The van der Waals surface area contributed by atoms with E-state index in [-0.39, 0.29) is 19.4 Å². The van der Waals surface area contributed by atoms with Gasteiger partial charge < -0.3 is 45.1 Å². The van der Waals surface area contributed by atoms with Crippen LogP contribution in [-0.2, 0) is 23.8 Å². The first kappa shape index (κ1) is 61.6. The lowest BCUT2D eigenvalue weighted by molar-refractivity contribution is -0.305. The number of aliphatic hydroxyl groups excluding tert-OH is 5. The van der Waals surface area contributed by atoms with Crippen molar-refractivity contribution in [3.05, 3.63) is 48.6 Å². The van der Waals surface area contributed by atoms with E-state index in [1.54, 1.807) is 6.08 Å². The van der Waals surface area contributed by atoms with Crippen LogP contribution in [0, 0.1) is 0 Å². The van der Waals surface area contributed by atoms with E-state index < -0.39 is 67.4 Å². The van der Waals surface area contributed by atoms with Gasteiger partial charge in [-0.2, -0.15) is 0 Å². The predicted molar refractivity (Wildman–Crippen MR) is 269 cm³/mol. The number of ether oxygens (including phenoxy) is 3. The minimum absolute atomic E-state index is 0.124. The Bertz CT molecular complexity index is 1260. The Hall–Kier alpha value is -2.38. The van der Waals surface area contributed by atoms with Crippen LogP contribution in [0.5, 0.6) is 0 Å². The molecule has 1 rings (SSSR count). The van der Waals surface area contributed by atoms with Crippen LogP contribution in [-0.4, -0.2) is 99.6 Å². The maximum absolute atomic E-state index is 13.3. The lowest BCUT2D eigenvalue weighted by Gasteiger charge is -2.41. The highest BCUT2D eigenvalue weighted by Crippen LogP contribution is 2.26. The molecule has 1 heterocycles. The van der Waals surface area contributed by atoms with Gasteiger partial charge in [0, 0.05) is 6.42 Å². The van der Waals surface area contributed by atoms with Gasteiger partial charge in [0.25, 0.3) is 0 Å². The molecule has 0 aliphatic carbocycles. The van der Waals surface area contributed by atoms with Crippen molar-refractivity contribution < 1.29 is 49.3 Å². The zero-order valence-corrected chi connectivity index (χ0v) is 42.1. The third-order valence-electron chi connectivity index (χ3n) is 12.6. The second-order valence-electron chi connectivity index (χ2n) is 18.6. The van der Waals surface area contributed by atoms with E-state index in [9.17, 15) is 35.1 Å². The van der Waals surface area contributed by atoms with Crippen LogP contribution >= 0.6 is 0 Å². The predicted octanol–water partition coefficient (Wildman–Crippen LogP) is 11.3. The molecule has 0 aromatic heterocycles. The molecule has 0 bridgehead atoms. The van der Waals surface area contributed by atoms with Gasteiger partial charge in [0.1, 0.15) is 24.4 Å². The molecule has 384 valence electrons. The van der Waals surface area contributed by atoms with Crippen LogP contribution in [0.4, 0.5) is 0 Å². The molecule has 1 fully saturated rings. The first-order valence-electron chi connectivity index (χ1n) is 26.9. The number of nitrogens with one attached hydrogen (secondary N) is 1. The molecule has 0 aromatic rings. The van der Waals surface area contributed by atoms with Crippen molar-refractivity contribution in [1.29, 1.82) is 0 Å². The largest absolute Gasteiger partial charge is 0.454 e. The molecular formula is C55H99NO10. The molecule has 0 spiro atoms. The molecule has 1 aliphatic rings. The van der Waals surface area contributed by atoms with Gasteiger partial charge in [-0.05, 0) is 44.9 Å². The van der Waals surface area contributed by atoms with Gasteiger partial charge in [-0.3, -0.25) is 9.59 Å². The van der Waals surface area contributed by atoms with Gasteiger partial charge >= 0.3 is 5.97 Å². The highest BCUT2D eigenvalue weighted by Gasteiger charge is 2.47. The lowest BCUT2D eigenvalue weighted by atomic mass is 9.99.